The first-order chi connectivity index (χ1) is 9.18. The zero-order chi connectivity index (χ0) is 13.4. The van der Waals surface area contributed by atoms with Gasteiger partial charge in [-0.25, -0.2) is 0 Å². The summed E-state index contributed by atoms with van der Waals surface area (Å²) in [6, 6.07) is 15.7. The molecule has 0 radical (unpaired) electrons. The highest BCUT2D eigenvalue weighted by molar-refractivity contribution is 7.91. The highest BCUT2D eigenvalue weighted by Gasteiger charge is 2.23. The third kappa shape index (κ3) is 2.05. The second-order valence-electron chi connectivity index (χ2n) is 4.66. The molecule has 3 heteroatoms. The number of H-pyrrole nitrogens is 1. The van der Waals surface area contributed by atoms with Gasteiger partial charge in [0.05, 0.1) is 16.6 Å². The van der Waals surface area contributed by atoms with Crippen LogP contribution in [0.15, 0.2) is 58.3 Å². The van der Waals surface area contributed by atoms with Gasteiger partial charge in [0.25, 0.3) is 0 Å². The molecule has 0 aliphatic carbocycles. The van der Waals surface area contributed by atoms with Crippen LogP contribution in [0, 0.1) is 13.8 Å². The van der Waals surface area contributed by atoms with Crippen molar-refractivity contribution in [3.05, 3.63) is 59.8 Å². The zero-order valence-corrected chi connectivity index (χ0v) is 11.8. The molecule has 3 rings (SSSR count). The lowest BCUT2D eigenvalue weighted by Crippen LogP contribution is -2.02. The van der Waals surface area contributed by atoms with Crippen molar-refractivity contribution in [3.8, 4) is 0 Å². The van der Waals surface area contributed by atoms with E-state index in [0.29, 0.717) is 0 Å². The van der Waals surface area contributed by atoms with Gasteiger partial charge in [-0.15, -0.1) is 0 Å². The molecular weight excluding hydrogens is 254 g/mol. The minimum atomic E-state index is -1.14. The Morgan fingerprint density at radius 2 is 1.68 bits per heavy atom. The number of benzene rings is 2. The van der Waals surface area contributed by atoms with Gasteiger partial charge in [-0.05, 0) is 37.6 Å². The SMILES string of the molecule is Cc1[nH]c2c(C)cccc2c1[S+]([O-])c1ccccc1. The number of nitrogens with one attached hydrogen (secondary N) is 1. The maximum atomic E-state index is 12.7. The highest BCUT2D eigenvalue weighted by Crippen LogP contribution is 2.32. The van der Waals surface area contributed by atoms with Gasteiger partial charge in [0.1, 0.15) is 0 Å². The lowest BCUT2D eigenvalue weighted by molar-refractivity contribution is 0.595. The molecule has 1 aromatic heterocycles. The molecule has 0 saturated carbocycles. The number of rotatable bonds is 2. The lowest BCUT2D eigenvalue weighted by Gasteiger charge is -2.09. The second kappa shape index (κ2) is 4.76. The van der Waals surface area contributed by atoms with Gasteiger partial charge in [-0.2, -0.15) is 0 Å². The highest BCUT2D eigenvalue weighted by atomic mass is 32.2. The number of aromatic nitrogens is 1. The number of para-hydroxylation sites is 1. The third-order valence-corrected chi connectivity index (χ3v) is 4.91. The smallest absolute Gasteiger partial charge is 0.186 e. The summed E-state index contributed by atoms with van der Waals surface area (Å²) in [5.74, 6) is 0. The zero-order valence-electron chi connectivity index (χ0n) is 10.9. The molecular formula is C16H15NOS. The van der Waals surface area contributed by atoms with E-state index in [0.717, 1.165) is 26.4 Å². The number of aromatic amines is 1. The molecule has 19 heavy (non-hydrogen) atoms. The molecule has 0 fully saturated rings. The van der Waals surface area contributed by atoms with Crippen LogP contribution in [-0.4, -0.2) is 9.54 Å². The summed E-state index contributed by atoms with van der Waals surface area (Å²) in [4.78, 5) is 5.09. The van der Waals surface area contributed by atoms with E-state index in [-0.39, 0.29) is 0 Å². The molecule has 2 aromatic carbocycles. The number of hydrogen-bond donors (Lipinski definition) is 1. The van der Waals surface area contributed by atoms with Crippen molar-refractivity contribution < 1.29 is 4.55 Å². The quantitative estimate of drug-likeness (QED) is 0.703. The van der Waals surface area contributed by atoms with Gasteiger partial charge in [0, 0.05) is 11.2 Å². The lowest BCUT2D eigenvalue weighted by atomic mass is 10.2. The van der Waals surface area contributed by atoms with Crippen molar-refractivity contribution in [1.82, 2.24) is 4.98 Å². The van der Waals surface area contributed by atoms with Gasteiger partial charge in [0.15, 0.2) is 9.79 Å². The Morgan fingerprint density at radius 1 is 0.947 bits per heavy atom. The largest absolute Gasteiger partial charge is 0.606 e. The molecule has 1 heterocycles. The van der Waals surface area contributed by atoms with Crippen molar-refractivity contribution in [2.75, 3.05) is 0 Å². The fourth-order valence-corrected chi connectivity index (χ4v) is 3.71. The molecule has 96 valence electrons. The van der Waals surface area contributed by atoms with Crippen LogP contribution in [0.25, 0.3) is 10.9 Å². The van der Waals surface area contributed by atoms with E-state index in [1.807, 2.05) is 49.4 Å². The first-order valence-corrected chi connectivity index (χ1v) is 7.38. The average Bonchev–Trinajstić information content (AvgIpc) is 2.77. The van der Waals surface area contributed by atoms with E-state index >= 15 is 0 Å². The summed E-state index contributed by atoms with van der Waals surface area (Å²) in [7, 11) is 0. The van der Waals surface area contributed by atoms with Crippen LogP contribution in [-0.2, 0) is 11.2 Å². The summed E-state index contributed by atoms with van der Waals surface area (Å²) in [6.45, 7) is 4.04. The maximum absolute atomic E-state index is 12.7. The molecule has 0 spiro atoms. The number of hydrogen-bond acceptors (Lipinski definition) is 1. The second-order valence-corrected chi connectivity index (χ2v) is 6.08. The van der Waals surface area contributed by atoms with Gasteiger partial charge < -0.3 is 9.54 Å². The predicted octanol–water partition coefficient (Wildman–Crippen LogP) is 3.95. The van der Waals surface area contributed by atoms with Crippen LogP contribution < -0.4 is 0 Å². The fourth-order valence-electron chi connectivity index (χ4n) is 2.37. The van der Waals surface area contributed by atoms with Crippen LogP contribution in [0.2, 0.25) is 0 Å². The van der Waals surface area contributed by atoms with E-state index in [2.05, 4.69) is 18.0 Å². The van der Waals surface area contributed by atoms with Crippen LogP contribution in [0.4, 0.5) is 0 Å². The Kier molecular flexibility index (Phi) is 3.09. The van der Waals surface area contributed by atoms with Crippen LogP contribution in [0.5, 0.6) is 0 Å². The van der Waals surface area contributed by atoms with E-state index in [1.165, 1.54) is 5.56 Å². The summed E-state index contributed by atoms with van der Waals surface area (Å²) < 4.78 is 12.7. The predicted molar refractivity (Wildman–Crippen MR) is 78.9 cm³/mol. The molecule has 1 N–H and O–H groups in total. The van der Waals surface area contributed by atoms with Crippen molar-refractivity contribution in [2.24, 2.45) is 0 Å². The van der Waals surface area contributed by atoms with Crippen LogP contribution >= 0.6 is 0 Å². The molecule has 1 unspecified atom stereocenters. The molecule has 0 amide bonds. The monoisotopic (exact) mass is 269 g/mol. The number of aryl methyl sites for hydroxylation is 2. The Labute approximate surface area is 115 Å². The van der Waals surface area contributed by atoms with Crippen molar-refractivity contribution in [2.45, 2.75) is 23.6 Å². The molecule has 1 atom stereocenters. The minimum Gasteiger partial charge on any atom is -0.606 e. The molecule has 0 bridgehead atoms. The molecule has 3 aromatic rings. The van der Waals surface area contributed by atoms with Crippen molar-refractivity contribution >= 4 is 22.1 Å². The van der Waals surface area contributed by atoms with Gasteiger partial charge >= 0.3 is 0 Å². The minimum absolute atomic E-state index is 0.841. The first kappa shape index (κ1) is 12.3. The van der Waals surface area contributed by atoms with E-state index in [1.54, 1.807) is 0 Å². The normalized spacial score (nSPS) is 12.8. The summed E-state index contributed by atoms with van der Waals surface area (Å²) in [6.07, 6.45) is 0. The Morgan fingerprint density at radius 3 is 2.42 bits per heavy atom. The molecule has 0 aliphatic rings. The average molecular weight is 269 g/mol. The van der Waals surface area contributed by atoms with E-state index in [4.69, 9.17) is 0 Å². The Hall–Kier alpha value is -1.71. The third-order valence-electron chi connectivity index (χ3n) is 3.31. The molecule has 2 nitrogen and oxygen atoms in total. The van der Waals surface area contributed by atoms with Gasteiger partial charge in [-0.3, -0.25) is 0 Å². The van der Waals surface area contributed by atoms with Crippen molar-refractivity contribution in [3.63, 3.8) is 0 Å². The van der Waals surface area contributed by atoms with E-state index < -0.39 is 11.2 Å². The van der Waals surface area contributed by atoms with Gasteiger partial charge in [0.2, 0.25) is 0 Å². The maximum Gasteiger partial charge on any atom is 0.186 e. The molecule has 0 saturated heterocycles. The molecule has 0 aliphatic heterocycles. The van der Waals surface area contributed by atoms with E-state index in [9.17, 15) is 4.55 Å². The summed E-state index contributed by atoms with van der Waals surface area (Å²) >= 11 is -1.14. The Balaban J connectivity index is 2.20. The topological polar surface area (TPSA) is 38.8 Å². The fraction of sp³-hybridized carbons (Fsp3) is 0.125. The van der Waals surface area contributed by atoms with Crippen LogP contribution in [0.1, 0.15) is 11.3 Å². The van der Waals surface area contributed by atoms with Crippen molar-refractivity contribution in [1.29, 1.82) is 0 Å². The van der Waals surface area contributed by atoms with Crippen LogP contribution in [0.3, 0.4) is 0 Å². The summed E-state index contributed by atoms with van der Waals surface area (Å²) in [5, 5.41) is 1.06. The first-order valence-electron chi connectivity index (χ1n) is 6.23. The van der Waals surface area contributed by atoms with Gasteiger partial charge in [-0.1, -0.05) is 30.3 Å². The Bertz CT molecular complexity index is 718. The number of fused-ring (bicyclic) bond motifs is 1. The summed E-state index contributed by atoms with van der Waals surface area (Å²) in [5.41, 5.74) is 3.24. The standard InChI is InChI=1S/C16H15NOS/c1-11-7-6-10-14-15(11)17-12(2)16(14)19(18)13-8-4-3-5-9-13/h3-10,17H,1-2H3.